The molecule has 0 aliphatic heterocycles. The molecule has 0 aliphatic carbocycles. The van der Waals surface area contributed by atoms with Crippen molar-refractivity contribution >= 4 is 37.4 Å². The van der Waals surface area contributed by atoms with Crippen molar-refractivity contribution in [3.8, 4) is 5.75 Å². The molecule has 0 saturated carbocycles. The van der Waals surface area contributed by atoms with Crippen molar-refractivity contribution in [2.75, 3.05) is 0 Å². The molecule has 2 aromatic rings. The summed E-state index contributed by atoms with van der Waals surface area (Å²) in [6.45, 7) is 0. The van der Waals surface area contributed by atoms with Crippen molar-refractivity contribution in [1.82, 2.24) is 0 Å². The lowest BCUT2D eigenvalue weighted by Gasteiger charge is -1.95. The second-order valence-corrected chi connectivity index (χ2v) is 4.09. The van der Waals surface area contributed by atoms with Crippen LogP contribution in [0.4, 0.5) is 4.39 Å². The third kappa shape index (κ3) is 1.03. The highest BCUT2D eigenvalue weighted by Crippen LogP contribution is 2.35. The smallest absolute Gasteiger partial charge is 0.182 e. The van der Waals surface area contributed by atoms with Gasteiger partial charge in [-0.3, -0.25) is 0 Å². The average molecular weight is 247 g/mol. The van der Waals surface area contributed by atoms with Crippen molar-refractivity contribution in [2.24, 2.45) is 0 Å². The number of hydrogen-bond acceptors (Lipinski definition) is 2. The number of halogens is 2. The summed E-state index contributed by atoms with van der Waals surface area (Å²) in [4.78, 5) is 0. The van der Waals surface area contributed by atoms with E-state index in [4.69, 9.17) is 5.11 Å². The number of hydrogen-bond donors (Lipinski definition) is 1. The van der Waals surface area contributed by atoms with Gasteiger partial charge in [0.05, 0.1) is 4.70 Å². The standard InChI is InChI=1S/C8H4BrFOS/c9-5-3-12-8-4(5)1-2-6(11)7(8)10/h1-3,11H. The predicted molar refractivity (Wildman–Crippen MR) is 51.1 cm³/mol. The minimum atomic E-state index is -0.539. The molecule has 0 fully saturated rings. The van der Waals surface area contributed by atoms with E-state index in [1.54, 1.807) is 11.4 Å². The van der Waals surface area contributed by atoms with Gasteiger partial charge in [0, 0.05) is 15.2 Å². The fourth-order valence-corrected chi connectivity index (χ4v) is 2.63. The topological polar surface area (TPSA) is 20.2 Å². The van der Waals surface area contributed by atoms with E-state index in [1.165, 1.54) is 17.4 Å². The maximum Gasteiger partial charge on any atom is 0.182 e. The first-order valence-electron chi connectivity index (χ1n) is 3.24. The zero-order valence-corrected chi connectivity index (χ0v) is 8.25. The third-order valence-electron chi connectivity index (χ3n) is 1.61. The molecular formula is C8H4BrFOS. The molecule has 0 spiro atoms. The zero-order valence-electron chi connectivity index (χ0n) is 5.84. The van der Waals surface area contributed by atoms with Gasteiger partial charge < -0.3 is 5.11 Å². The second-order valence-electron chi connectivity index (χ2n) is 2.36. The molecule has 0 radical (unpaired) electrons. The molecule has 62 valence electrons. The van der Waals surface area contributed by atoms with Crippen LogP contribution in [0, 0.1) is 5.82 Å². The quantitative estimate of drug-likeness (QED) is 0.755. The van der Waals surface area contributed by atoms with Crippen LogP contribution in [0.1, 0.15) is 0 Å². The van der Waals surface area contributed by atoms with Crippen LogP contribution in [0.25, 0.3) is 10.1 Å². The van der Waals surface area contributed by atoms with Crippen molar-refractivity contribution in [1.29, 1.82) is 0 Å². The van der Waals surface area contributed by atoms with E-state index in [0.717, 1.165) is 9.86 Å². The zero-order chi connectivity index (χ0) is 8.72. The lowest BCUT2D eigenvalue weighted by atomic mass is 10.2. The minimum absolute atomic E-state index is 0.295. The molecule has 1 N–H and O–H groups in total. The Morgan fingerprint density at radius 3 is 2.92 bits per heavy atom. The number of rotatable bonds is 0. The molecule has 1 heterocycles. The number of aromatic hydroxyl groups is 1. The number of thiophene rings is 1. The van der Waals surface area contributed by atoms with Crippen molar-refractivity contribution in [2.45, 2.75) is 0 Å². The van der Waals surface area contributed by atoms with Crippen LogP contribution in [0.2, 0.25) is 0 Å². The fraction of sp³-hybridized carbons (Fsp3) is 0. The van der Waals surface area contributed by atoms with E-state index >= 15 is 0 Å². The summed E-state index contributed by atoms with van der Waals surface area (Å²) in [5, 5.41) is 11.6. The van der Waals surface area contributed by atoms with E-state index < -0.39 is 5.82 Å². The van der Waals surface area contributed by atoms with Gasteiger partial charge in [-0.15, -0.1) is 11.3 Å². The Morgan fingerprint density at radius 1 is 1.42 bits per heavy atom. The van der Waals surface area contributed by atoms with Crippen LogP contribution < -0.4 is 0 Å². The molecule has 0 bridgehead atoms. The van der Waals surface area contributed by atoms with E-state index in [9.17, 15) is 4.39 Å². The second kappa shape index (κ2) is 2.71. The molecule has 1 aromatic heterocycles. The van der Waals surface area contributed by atoms with Crippen LogP contribution in [0.3, 0.4) is 0 Å². The Bertz CT molecular complexity index is 438. The SMILES string of the molecule is Oc1ccc2c(Br)csc2c1F. The van der Waals surface area contributed by atoms with Gasteiger partial charge in [-0.05, 0) is 28.1 Å². The molecule has 0 aliphatic rings. The van der Waals surface area contributed by atoms with Gasteiger partial charge in [-0.1, -0.05) is 0 Å². The molecule has 0 amide bonds. The van der Waals surface area contributed by atoms with E-state index in [1.807, 2.05) is 0 Å². The van der Waals surface area contributed by atoms with Gasteiger partial charge >= 0.3 is 0 Å². The Labute approximate surface area is 80.6 Å². The number of phenols is 1. The first-order valence-corrected chi connectivity index (χ1v) is 4.91. The van der Waals surface area contributed by atoms with Gasteiger partial charge in [0.15, 0.2) is 11.6 Å². The van der Waals surface area contributed by atoms with Gasteiger partial charge in [0.25, 0.3) is 0 Å². The highest BCUT2D eigenvalue weighted by atomic mass is 79.9. The first kappa shape index (κ1) is 8.01. The lowest BCUT2D eigenvalue weighted by Crippen LogP contribution is -1.74. The van der Waals surface area contributed by atoms with Gasteiger partial charge in [-0.2, -0.15) is 0 Å². The van der Waals surface area contributed by atoms with Crippen LogP contribution in [0.15, 0.2) is 22.0 Å². The van der Waals surface area contributed by atoms with Crippen LogP contribution >= 0.6 is 27.3 Å². The molecule has 0 unspecified atom stereocenters. The number of benzene rings is 1. The summed E-state index contributed by atoms with van der Waals surface area (Å²) >= 11 is 4.56. The van der Waals surface area contributed by atoms with Gasteiger partial charge in [0.2, 0.25) is 0 Å². The number of phenolic OH excluding ortho intramolecular Hbond substituents is 1. The Kier molecular flexibility index (Phi) is 1.81. The predicted octanol–water partition coefficient (Wildman–Crippen LogP) is 3.51. The molecule has 12 heavy (non-hydrogen) atoms. The van der Waals surface area contributed by atoms with Crippen LogP contribution in [0.5, 0.6) is 5.75 Å². The summed E-state index contributed by atoms with van der Waals surface area (Å²) < 4.78 is 14.5. The molecule has 2 rings (SSSR count). The van der Waals surface area contributed by atoms with Crippen molar-refractivity contribution in [3.63, 3.8) is 0 Å². The fourth-order valence-electron chi connectivity index (χ4n) is 1.02. The normalized spacial score (nSPS) is 10.8. The minimum Gasteiger partial charge on any atom is -0.505 e. The summed E-state index contributed by atoms with van der Waals surface area (Å²) in [6, 6.07) is 3.05. The van der Waals surface area contributed by atoms with Gasteiger partial charge in [0.1, 0.15) is 0 Å². The molecule has 0 atom stereocenters. The van der Waals surface area contributed by atoms with Crippen molar-refractivity contribution in [3.05, 3.63) is 27.8 Å². The summed E-state index contributed by atoms with van der Waals surface area (Å²) in [7, 11) is 0. The monoisotopic (exact) mass is 246 g/mol. The summed E-state index contributed by atoms with van der Waals surface area (Å²) in [5.74, 6) is -0.833. The molecule has 1 aromatic carbocycles. The highest BCUT2D eigenvalue weighted by Gasteiger charge is 2.09. The Balaban J connectivity index is 2.93. The molecule has 0 saturated heterocycles. The number of fused-ring (bicyclic) bond motifs is 1. The van der Waals surface area contributed by atoms with Crippen LogP contribution in [-0.2, 0) is 0 Å². The van der Waals surface area contributed by atoms with Gasteiger partial charge in [-0.25, -0.2) is 4.39 Å². The van der Waals surface area contributed by atoms with Crippen molar-refractivity contribution < 1.29 is 9.50 Å². The molecule has 4 heteroatoms. The van der Waals surface area contributed by atoms with E-state index in [0.29, 0.717) is 4.70 Å². The molecular weight excluding hydrogens is 243 g/mol. The Morgan fingerprint density at radius 2 is 2.17 bits per heavy atom. The first-order chi connectivity index (χ1) is 5.70. The lowest BCUT2D eigenvalue weighted by molar-refractivity contribution is 0.436. The van der Waals surface area contributed by atoms with Crippen LogP contribution in [-0.4, -0.2) is 5.11 Å². The average Bonchev–Trinajstić information content (AvgIpc) is 2.41. The third-order valence-corrected chi connectivity index (χ3v) is 3.56. The largest absolute Gasteiger partial charge is 0.505 e. The summed E-state index contributed by atoms with van der Waals surface area (Å²) in [6.07, 6.45) is 0. The highest BCUT2D eigenvalue weighted by molar-refractivity contribution is 9.10. The van der Waals surface area contributed by atoms with E-state index in [2.05, 4.69) is 15.9 Å². The van der Waals surface area contributed by atoms with E-state index in [-0.39, 0.29) is 5.75 Å². The summed E-state index contributed by atoms with van der Waals surface area (Å²) in [5.41, 5.74) is 0. The maximum absolute atomic E-state index is 13.2. The maximum atomic E-state index is 13.2. The molecule has 1 nitrogen and oxygen atoms in total. The Hall–Kier alpha value is -0.610.